The van der Waals surface area contributed by atoms with E-state index in [4.69, 9.17) is 0 Å². The van der Waals surface area contributed by atoms with Gasteiger partial charge in [0.25, 0.3) is 0 Å². The highest BCUT2D eigenvalue weighted by Crippen LogP contribution is 2.47. The monoisotopic (exact) mass is 583 g/mol. The number of thiophene rings is 2. The van der Waals surface area contributed by atoms with Crippen molar-refractivity contribution in [2.75, 3.05) is 4.90 Å². The van der Waals surface area contributed by atoms with Crippen LogP contribution in [0.4, 0.5) is 17.1 Å². The number of fused-ring (bicyclic) bond motifs is 8. The molecule has 0 radical (unpaired) electrons. The quantitative estimate of drug-likeness (QED) is 0.199. The molecule has 0 aliphatic carbocycles. The van der Waals surface area contributed by atoms with E-state index in [9.17, 15) is 0 Å². The lowest BCUT2D eigenvalue weighted by Crippen LogP contribution is -2.10. The minimum absolute atomic E-state index is 1.15. The summed E-state index contributed by atoms with van der Waals surface area (Å²) >= 11 is 3.79. The van der Waals surface area contributed by atoms with Crippen molar-refractivity contribution in [2.24, 2.45) is 0 Å². The Morgan fingerprint density at radius 1 is 0.372 bits per heavy atom. The lowest BCUT2D eigenvalue weighted by molar-refractivity contribution is 1.30. The summed E-state index contributed by atoms with van der Waals surface area (Å²) in [6.45, 7) is 0. The van der Waals surface area contributed by atoms with Crippen LogP contribution in [0, 0.1) is 0 Å². The van der Waals surface area contributed by atoms with Gasteiger partial charge in [0.1, 0.15) is 0 Å². The van der Waals surface area contributed by atoms with E-state index in [1.165, 1.54) is 67.9 Å². The normalized spacial score (nSPS) is 11.7. The number of benzene rings is 7. The van der Waals surface area contributed by atoms with Crippen molar-refractivity contribution >= 4 is 90.9 Å². The lowest BCUT2D eigenvalue weighted by atomic mass is 9.99. The highest BCUT2D eigenvalue weighted by molar-refractivity contribution is 7.27. The Morgan fingerprint density at radius 3 is 1.72 bits per heavy atom. The molecule has 9 aromatic rings. The molecule has 0 saturated carbocycles. The van der Waals surface area contributed by atoms with E-state index in [-0.39, 0.29) is 0 Å². The Hall–Kier alpha value is -4.96. The average Bonchev–Trinajstić information content (AvgIpc) is 3.64. The Kier molecular flexibility index (Phi) is 5.62. The van der Waals surface area contributed by atoms with Gasteiger partial charge in [-0.25, -0.2) is 0 Å². The molecular weight excluding hydrogens is 559 g/mol. The topological polar surface area (TPSA) is 3.24 Å². The molecule has 0 spiro atoms. The van der Waals surface area contributed by atoms with Crippen LogP contribution in [-0.2, 0) is 0 Å². The van der Waals surface area contributed by atoms with Crippen LogP contribution in [0.1, 0.15) is 0 Å². The second-order valence-corrected chi connectivity index (χ2v) is 13.0. The number of nitrogens with zero attached hydrogens (tertiary/aromatic N) is 1. The number of rotatable bonds is 4. The zero-order valence-electron chi connectivity index (χ0n) is 23.2. The molecular formula is C40H25NS2. The second-order valence-electron chi connectivity index (χ2n) is 10.9. The summed E-state index contributed by atoms with van der Waals surface area (Å²) in [5, 5.41) is 7.83. The van der Waals surface area contributed by atoms with E-state index in [1.807, 2.05) is 22.7 Å². The van der Waals surface area contributed by atoms with Gasteiger partial charge in [-0.2, -0.15) is 0 Å². The predicted molar refractivity (Wildman–Crippen MR) is 190 cm³/mol. The molecule has 0 bridgehead atoms. The van der Waals surface area contributed by atoms with Gasteiger partial charge in [-0.15, -0.1) is 22.7 Å². The van der Waals surface area contributed by atoms with Gasteiger partial charge >= 0.3 is 0 Å². The highest BCUT2D eigenvalue weighted by atomic mass is 32.1. The minimum Gasteiger partial charge on any atom is -0.310 e. The number of hydrogen-bond acceptors (Lipinski definition) is 3. The van der Waals surface area contributed by atoms with Gasteiger partial charge in [0, 0.05) is 62.5 Å². The van der Waals surface area contributed by atoms with E-state index in [0.717, 1.165) is 11.4 Å². The van der Waals surface area contributed by atoms with E-state index in [0.29, 0.717) is 0 Å². The van der Waals surface area contributed by atoms with Crippen LogP contribution in [0.5, 0.6) is 0 Å². The van der Waals surface area contributed by atoms with Crippen LogP contribution in [0.15, 0.2) is 152 Å². The van der Waals surface area contributed by atoms with Gasteiger partial charge in [0.05, 0.1) is 5.69 Å². The first kappa shape index (κ1) is 24.6. The van der Waals surface area contributed by atoms with E-state index >= 15 is 0 Å². The standard InChI is InChI=1S/C40H25NS2/c1-3-12-27(13-4-1)41(28-14-5-2-6-15-28)36-25-35-34-24-26(22-23-38(34)43-40(35)32-18-8-7-16-30(32)36)29-19-11-20-33-31-17-9-10-21-37(31)42-39(29)33/h1-25H. The molecule has 3 heteroatoms. The molecule has 0 aliphatic rings. The van der Waals surface area contributed by atoms with Crippen molar-refractivity contribution in [3.63, 3.8) is 0 Å². The van der Waals surface area contributed by atoms with Gasteiger partial charge in [0.2, 0.25) is 0 Å². The SMILES string of the molecule is c1ccc(N(c2ccccc2)c2cc3c4cc(-c5cccc6c5sc5ccccc56)ccc4sc3c3ccccc23)cc1. The third-order valence-corrected chi connectivity index (χ3v) is 10.9. The molecule has 0 amide bonds. The van der Waals surface area contributed by atoms with Crippen LogP contribution in [0.25, 0.3) is 62.2 Å². The van der Waals surface area contributed by atoms with Crippen LogP contribution in [0.3, 0.4) is 0 Å². The Labute approximate surface area is 257 Å². The predicted octanol–water partition coefficient (Wildman–Crippen LogP) is 12.7. The third-order valence-electron chi connectivity index (χ3n) is 8.44. The molecule has 7 aromatic carbocycles. The molecule has 43 heavy (non-hydrogen) atoms. The van der Waals surface area contributed by atoms with Gasteiger partial charge in [-0.1, -0.05) is 103 Å². The van der Waals surface area contributed by atoms with Crippen LogP contribution < -0.4 is 4.90 Å². The molecule has 1 nitrogen and oxygen atoms in total. The molecule has 0 unspecified atom stereocenters. The zero-order valence-corrected chi connectivity index (χ0v) is 24.8. The van der Waals surface area contributed by atoms with Gasteiger partial charge in [-0.3, -0.25) is 0 Å². The lowest BCUT2D eigenvalue weighted by Gasteiger charge is -2.27. The first-order chi connectivity index (χ1) is 21.3. The van der Waals surface area contributed by atoms with Crippen LogP contribution >= 0.6 is 22.7 Å². The zero-order chi connectivity index (χ0) is 28.3. The summed E-state index contributed by atoms with van der Waals surface area (Å²) in [4.78, 5) is 2.40. The van der Waals surface area contributed by atoms with E-state index in [2.05, 4.69) is 157 Å². The third kappa shape index (κ3) is 3.90. The molecule has 2 aromatic heterocycles. The fourth-order valence-corrected chi connectivity index (χ4v) is 8.93. The van der Waals surface area contributed by atoms with Gasteiger partial charge in [-0.05, 0) is 59.7 Å². The van der Waals surface area contributed by atoms with Gasteiger partial charge in [0.15, 0.2) is 0 Å². The largest absolute Gasteiger partial charge is 0.310 e. The van der Waals surface area contributed by atoms with E-state index < -0.39 is 0 Å². The second kappa shape index (κ2) is 9.81. The van der Waals surface area contributed by atoms with Crippen molar-refractivity contribution in [1.29, 1.82) is 0 Å². The van der Waals surface area contributed by atoms with Crippen molar-refractivity contribution in [1.82, 2.24) is 0 Å². The maximum atomic E-state index is 2.42. The minimum atomic E-state index is 1.15. The molecule has 0 saturated heterocycles. The average molecular weight is 584 g/mol. The summed E-state index contributed by atoms with van der Waals surface area (Å²) in [5.74, 6) is 0. The van der Waals surface area contributed by atoms with Gasteiger partial charge < -0.3 is 4.90 Å². The number of hydrogen-bond donors (Lipinski definition) is 0. The Morgan fingerprint density at radius 2 is 0.953 bits per heavy atom. The molecule has 0 N–H and O–H groups in total. The van der Waals surface area contributed by atoms with Crippen LogP contribution in [-0.4, -0.2) is 0 Å². The fraction of sp³-hybridized carbons (Fsp3) is 0. The van der Waals surface area contributed by atoms with E-state index in [1.54, 1.807) is 0 Å². The Bertz CT molecular complexity index is 2410. The smallest absolute Gasteiger partial charge is 0.0547 e. The number of para-hydroxylation sites is 2. The summed E-state index contributed by atoms with van der Waals surface area (Å²) in [6, 6.07) is 55.2. The fourth-order valence-electron chi connectivity index (χ4n) is 6.49. The Balaban J connectivity index is 1.33. The molecule has 202 valence electrons. The first-order valence-electron chi connectivity index (χ1n) is 14.5. The molecule has 9 rings (SSSR count). The molecule has 2 heterocycles. The molecule has 0 fully saturated rings. The highest BCUT2D eigenvalue weighted by Gasteiger charge is 2.19. The maximum Gasteiger partial charge on any atom is 0.0547 e. The summed E-state index contributed by atoms with van der Waals surface area (Å²) in [7, 11) is 0. The number of anilines is 3. The van der Waals surface area contributed by atoms with Crippen LogP contribution in [0.2, 0.25) is 0 Å². The van der Waals surface area contributed by atoms with Crippen molar-refractivity contribution in [3.8, 4) is 11.1 Å². The maximum absolute atomic E-state index is 2.42. The van der Waals surface area contributed by atoms with Crippen molar-refractivity contribution < 1.29 is 0 Å². The summed E-state index contributed by atoms with van der Waals surface area (Å²) in [6.07, 6.45) is 0. The molecule has 0 aliphatic heterocycles. The first-order valence-corrected chi connectivity index (χ1v) is 16.2. The molecule has 0 atom stereocenters. The summed E-state index contributed by atoms with van der Waals surface area (Å²) < 4.78 is 5.35. The van der Waals surface area contributed by atoms with Crippen molar-refractivity contribution in [2.45, 2.75) is 0 Å². The summed E-state index contributed by atoms with van der Waals surface area (Å²) in [5.41, 5.74) is 6.06. The van der Waals surface area contributed by atoms with Crippen molar-refractivity contribution in [3.05, 3.63) is 152 Å².